The summed E-state index contributed by atoms with van der Waals surface area (Å²) >= 11 is 1.47. The van der Waals surface area contributed by atoms with Crippen LogP contribution in [0.4, 0.5) is 10.5 Å². The molecule has 0 aliphatic heterocycles. The molecule has 0 unspecified atom stereocenters. The monoisotopic (exact) mass is 360 g/mol. The molecule has 0 saturated heterocycles. The normalized spacial score (nSPS) is 10.3. The second-order valence-corrected chi connectivity index (χ2v) is 6.85. The van der Waals surface area contributed by atoms with E-state index in [0.29, 0.717) is 19.6 Å². The van der Waals surface area contributed by atoms with Gasteiger partial charge in [-0.2, -0.15) is 0 Å². The lowest BCUT2D eigenvalue weighted by atomic mass is 10.3. The number of benzene rings is 1. The molecule has 0 atom stereocenters. The summed E-state index contributed by atoms with van der Waals surface area (Å²) in [5.41, 5.74) is 0.718. The van der Waals surface area contributed by atoms with E-state index in [2.05, 4.69) is 17.6 Å². The number of urea groups is 1. The van der Waals surface area contributed by atoms with Crippen molar-refractivity contribution >= 4 is 28.8 Å². The second kappa shape index (κ2) is 9.84. The van der Waals surface area contributed by atoms with Crippen molar-refractivity contribution in [2.75, 3.05) is 18.5 Å². The van der Waals surface area contributed by atoms with Gasteiger partial charge in [0.2, 0.25) is 0 Å². The van der Waals surface area contributed by atoms with Crippen LogP contribution < -0.4 is 15.4 Å². The average Bonchev–Trinajstić information content (AvgIpc) is 3.06. The Bertz CT molecular complexity index is 695. The molecule has 1 aromatic heterocycles. The van der Waals surface area contributed by atoms with Gasteiger partial charge >= 0.3 is 6.03 Å². The molecule has 0 aliphatic rings. The number of amides is 2. The first-order chi connectivity index (χ1) is 12.1. The molecule has 0 bridgehead atoms. The molecular formula is C19H24N2O3S. The predicted molar refractivity (Wildman–Crippen MR) is 102 cm³/mol. The number of ketones is 1. The Hall–Kier alpha value is -2.34. The smallest absolute Gasteiger partial charge is 0.319 e. The van der Waals surface area contributed by atoms with Crippen LogP contribution in [0.3, 0.4) is 0 Å². The predicted octanol–water partition coefficient (Wildman–Crippen LogP) is 4.49. The molecule has 1 aromatic carbocycles. The minimum Gasteiger partial charge on any atom is -0.494 e. The summed E-state index contributed by atoms with van der Waals surface area (Å²) in [5, 5.41) is 5.60. The summed E-state index contributed by atoms with van der Waals surface area (Å²) in [4.78, 5) is 25.0. The van der Waals surface area contributed by atoms with Crippen molar-refractivity contribution in [3.8, 4) is 5.75 Å². The van der Waals surface area contributed by atoms with Crippen LogP contribution >= 0.6 is 11.3 Å². The zero-order valence-electron chi connectivity index (χ0n) is 14.6. The summed E-state index contributed by atoms with van der Waals surface area (Å²) in [5.74, 6) is 0.877. The zero-order chi connectivity index (χ0) is 18.1. The maximum atomic E-state index is 11.9. The number of hydrogen-bond donors (Lipinski definition) is 2. The van der Waals surface area contributed by atoms with Crippen molar-refractivity contribution in [1.82, 2.24) is 5.32 Å². The molecule has 0 radical (unpaired) electrons. The minimum atomic E-state index is -0.247. The number of ether oxygens (including phenoxy) is 1. The Morgan fingerprint density at radius 1 is 1.12 bits per heavy atom. The molecule has 2 amide bonds. The van der Waals surface area contributed by atoms with Gasteiger partial charge in [-0.05, 0) is 56.2 Å². The highest BCUT2D eigenvalue weighted by Crippen LogP contribution is 2.17. The summed E-state index contributed by atoms with van der Waals surface area (Å²) in [7, 11) is 0. The number of nitrogens with one attached hydrogen (secondary N) is 2. The lowest BCUT2D eigenvalue weighted by Gasteiger charge is -2.09. The fourth-order valence-electron chi connectivity index (χ4n) is 2.14. The van der Waals surface area contributed by atoms with Crippen molar-refractivity contribution in [3.63, 3.8) is 0 Å². The number of unbranched alkanes of at least 4 members (excludes halogenated alkanes) is 1. The second-order valence-electron chi connectivity index (χ2n) is 5.68. The fraction of sp³-hybridized carbons (Fsp3) is 0.368. The van der Waals surface area contributed by atoms with Gasteiger partial charge in [0, 0.05) is 17.1 Å². The Balaban J connectivity index is 1.71. The van der Waals surface area contributed by atoms with Gasteiger partial charge in [0.15, 0.2) is 5.78 Å². The molecule has 0 fully saturated rings. The maximum absolute atomic E-state index is 11.9. The van der Waals surface area contributed by atoms with Crippen LogP contribution in [0.25, 0.3) is 0 Å². The molecule has 0 spiro atoms. The van der Waals surface area contributed by atoms with Crippen LogP contribution in [-0.2, 0) is 6.42 Å². The zero-order valence-corrected chi connectivity index (χ0v) is 15.4. The number of Topliss-reactive ketones (excluding diaryl/α,β-unsaturated/α-hetero) is 1. The van der Waals surface area contributed by atoms with Crippen LogP contribution in [0.1, 0.15) is 41.2 Å². The molecule has 2 rings (SSSR count). The number of hydrogen-bond acceptors (Lipinski definition) is 4. The summed E-state index contributed by atoms with van der Waals surface area (Å²) in [6.45, 7) is 4.90. The molecule has 0 saturated carbocycles. The highest BCUT2D eigenvalue weighted by atomic mass is 32.1. The van der Waals surface area contributed by atoms with Gasteiger partial charge < -0.3 is 15.4 Å². The molecular weight excluding hydrogens is 336 g/mol. The van der Waals surface area contributed by atoms with E-state index in [9.17, 15) is 9.59 Å². The SMILES string of the molecule is CCCCOc1ccc(NC(=O)NCCc2ccc(C(C)=O)s2)cc1. The Morgan fingerprint density at radius 3 is 2.52 bits per heavy atom. The molecule has 2 aromatic rings. The summed E-state index contributed by atoms with van der Waals surface area (Å²) in [6.07, 6.45) is 2.83. The van der Waals surface area contributed by atoms with Gasteiger partial charge in [-0.25, -0.2) is 4.79 Å². The number of rotatable bonds is 9. The molecule has 25 heavy (non-hydrogen) atoms. The highest BCUT2D eigenvalue weighted by Gasteiger charge is 2.06. The van der Waals surface area contributed by atoms with E-state index < -0.39 is 0 Å². The van der Waals surface area contributed by atoms with Gasteiger partial charge in [0.25, 0.3) is 0 Å². The molecule has 5 nitrogen and oxygen atoms in total. The molecule has 6 heteroatoms. The third-order valence-electron chi connectivity index (χ3n) is 3.54. The van der Waals surface area contributed by atoms with E-state index >= 15 is 0 Å². The van der Waals surface area contributed by atoms with Crippen LogP contribution in [0, 0.1) is 0 Å². The van der Waals surface area contributed by atoms with E-state index in [4.69, 9.17) is 4.74 Å². The Kier molecular flexibility index (Phi) is 7.47. The molecule has 1 heterocycles. The lowest BCUT2D eigenvalue weighted by molar-refractivity contribution is 0.102. The highest BCUT2D eigenvalue weighted by molar-refractivity contribution is 7.14. The van der Waals surface area contributed by atoms with E-state index in [0.717, 1.165) is 34.0 Å². The first-order valence-corrected chi connectivity index (χ1v) is 9.27. The topological polar surface area (TPSA) is 67.4 Å². The van der Waals surface area contributed by atoms with Crippen molar-refractivity contribution in [2.24, 2.45) is 0 Å². The summed E-state index contributed by atoms with van der Waals surface area (Å²) < 4.78 is 5.59. The maximum Gasteiger partial charge on any atom is 0.319 e. The van der Waals surface area contributed by atoms with Crippen molar-refractivity contribution < 1.29 is 14.3 Å². The van der Waals surface area contributed by atoms with Gasteiger partial charge in [0.05, 0.1) is 11.5 Å². The average molecular weight is 360 g/mol. The third kappa shape index (κ3) is 6.58. The van der Waals surface area contributed by atoms with Crippen LogP contribution in [0.5, 0.6) is 5.75 Å². The quantitative estimate of drug-likeness (QED) is 0.511. The van der Waals surface area contributed by atoms with Gasteiger partial charge in [-0.1, -0.05) is 13.3 Å². The number of anilines is 1. The third-order valence-corrected chi connectivity index (χ3v) is 4.79. The molecule has 134 valence electrons. The van der Waals surface area contributed by atoms with E-state index in [-0.39, 0.29) is 11.8 Å². The van der Waals surface area contributed by atoms with Crippen LogP contribution in [0.2, 0.25) is 0 Å². The first-order valence-electron chi connectivity index (χ1n) is 8.46. The van der Waals surface area contributed by atoms with Crippen molar-refractivity contribution in [2.45, 2.75) is 33.1 Å². The van der Waals surface area contributed by atoms with E-state index in [1.165, 1.54) is 11.3 Å². The Labute approximate surface area is 152 Å². The minimum absolute atomic E-state index is 0.0732. The van der Waals surface area contributed by atoms with E-state index in [1.54, 1.807) is 6.92 Å². The molecule has 0 aliphatic carbocycles. The number of carbonyl (C=O) groups is 2. The van der Waals surface area contributed by atoms with E-state index in [1.807, 2.05) is 36.4 Å². The largest absolute Gasteiger partial charge is 0.494 e. The standard InChI is InChI=1S/C19H24N2O3S/c1-3-4-13-24-16-7-5-15(6-8-16)21-19(23)20-12-11-17-9-10-18(25-17)14(2)22/h5-10H,3-4,11-13H2,1-2H3,(H2,20,21,23). The fourth-order valence-corrected chi connectivity index (χ4v) is 3.05. The van der Waals surface area contributed by atoms with Crippen LogP contribution in [-0.4, -0.2) is 25.0 Å². The van der Waals surface area contributed by atoms with Gasteiger partial charge in [-0.3, -0.25) is 4.79 Å². The Morgan fingerprint density at radius 2 is 1.88 bits per heavy atom. The first kappa shape index (κ1) is 19.0. The van der Waals surface area contributed by atoms with Crippen molar-refractivity contribution in [1.29, 1.82) is 0 Å². The van der Waals surface area contributed by atoms with Gasteiger partial charge in [0.1, 0.15) is 5.75 Å². The lowest BCUT2D eigenvalue weighted by Crippen LogP contribution is -2.30. The summed E-state index contributed by atoms with van der Waals surface area (Å²) in [6, 6.07) is 10.8. The van der Waals surface area contributed by atoms with Gasteiger partial charge in [-0.15, -0.1) is 11.3 Å². The molecule has 2 N–H and O–H groups in total. The van der Waals surface area contributed by atoms with Crippen LogP contribution in [0.15, 0.2) is 36.4 Å². The number of thiophene rings is 1. The van der Waals surface area contributed by atoms with Crippen molar-refractivity contribution in [3.05, 3.63) is 46.2 Å². The number of carbonyl (C=O) groups excluding carboxylic acids is 2.